The molecule has 0 heterocycles. The van der Waals surface area contributed by atoms with Gasteiger partial charge in [0.1, 0.15) is 6.04 Å². The highest BCUT2D eigenvalue weighted by atomic mass is 16.5. The van der Waals surface area contributed by atoms with Gasteiger partial charge in [0.15, 0.2) is 0 Å². The zero-order valence-electron chi connectivity index (χ0n) is 13.0. The van der Waals surface area contributed by atoms with Crippen molar-refractivity contribution in [3.8, 4) is 0 Å². The highest BCUT2D eigenvalue weighted by molar-refractivity contribution is 5.77. The zero-order chi connectivity index (χ0) is 15.1. The quantitative estimate of drug-likeness (QED) is 0.518. The number of carbonyl (C=O) groups excluding carboxylic acids is 1. The molecule has 1 aromatic carbocycles. The molecule has 1 unspecified atom stereocenters. The van der Waals surface area contributed by atoms with Gasteiger partial charge in [0.25, 0.3) is 0 Å². The molecule has 0 N–H and O–H groups in total. The third-order valence-corrected chi connectivity index (χ3v) is 3.70. The normalized spacial score (nSPS) is 16.0. The average Bonchev–Trinajstić information content (AvgIpc) is 3.29. The lowest BCUT2D eigenvalue weighted by molar-refractivity contribution is -0.149. The Morgan fingerprint density at radius 3 is 2.67 bits per heavy atom. The molecule has 0 radical (unpaired) electrons. The van der Waals surface area contributed by atoms with E-state index in [1.54, 1.807) is 0 Å². The van der Waals surface area contributed by atoms with Crippen molar-refractivity contribution in [1.82, 2.24) is 4.90 Å². The topological polar surface area (TPSA) is 38.8 Å². The summed E-state index contributed by atoms with van der Waals surface area (Å²) in [6.45, 7) is 4.44. The molecule has 1 fully saturated rings. The van der Waals surface area contributed by atoms with Crippen LogP contribution in [0, 0.1) is 5.92 Å². The maximum absolute atomic E-state index is 12.2. The van der Waals surface area contributed by atoms with Crippen molar-refractivity contribution in [3.63, 3.8) is 0 Å². The van der Waals surface area contributed by atoms with Gasteiger partial charge in [-0.2, -0.15) is 0 Å². The maximum Gasteiger partial charge on any atom is 0.327 e. The van der Waals surface area contributed by atoms with Crippen LogP contribution in [0.1, 0.15) is 31.4 Å². The Hall–Kier alpha value is -1.39. The summed E-state index contributed by atoms with van der Waals surface area (Å²) in [6, 6.07) is 9.39. The van der Waals surface area contributed by atoms with E-state index in [9.17, 15) is 4.79 Å². The second-order valence-corrected chi connectivity index (χ2v) is 5.56. The number of carbonyl (C=O) groups is 1. The third-order valence-electron chi connectivity index (χ3n) is 3.70. The fraction of sp³-hybridized carbons (Fsp3) is 0.588. The third kappa shape index (κ3) is 5.14. The van der Waals surface area contributed by atoms with Gasteiger partial charge in [-0.15, -0.1) is 0 Å². The average molecular weight is 291 g/mol. The Bertz CT molecular complexity index is 431. The van der Waals surface area contributed by atoms with Gasteiger partial charge in [-0.25, -0.2) is 4.79 Å². The number of likely N-dealkylation sites (N-methyl/N-ethyl adjacent to an activating group) is 1. The van der Waals surface area contributed by atoms with Crippen LogP contribution in [0.25, 0.3) is 0 Å². The van der Waals surface area contributed by atoms with Crippen molar-refractivity contribution in [2.75, 3.05) is 33.4 Å². The molecule has 4 heteroatoms. The molecular weight excluding hydrogens is 266 g/mol. The Morgan fingerprint density at radius 1 is 1.33 bits per heavy atom. The van der Waals surface area contributed by atoms with E-state index >= 15 is 0 Å². The molecule has 1 saturated carbocycles. The number of hydrogen-bond donors (Lipinski definition) is 0. The Morgan fingerprint density at radius 2 is 2.05 bits per heavy atom. The monoisotopic (exact) mass is 291 g/mol. The van der Waals surface area contributed by atoms with Crippen LogP contribution in [0.5, 0.6) is 0 Å². The maximum atomic E-state index is 12.2. The number of nitrogens with zero attached hydrogens (tertiary/aromatic N) is 1. The highest BCUT2D eigenvalue weighted by Crippen LogP contribution is 2.28. The smallest absolute Gasteiger partial charge is 0.327 e. The van der Waals surface area contributed by atoms with E-state index < -0.39 is 0 Å². The minimum absolute atomic E-state index is 0.201. The van der Waals surface area contributed by atoms with Crippen LogP contribution in [-0.4, -0.2) is 44.3 Å². The fourth-order valence-electron chi connectivity index (χ4n) is 2.30. The molecule has 0 spiro atoms. The lowest BCUT2D eigenvalue weighted by Crippen LogP contribution is -2.34. The van der Waals surface area contributed by atoms with Gasteiger partial charge in [-0.05, 0) is 38.3 Å². The van der Waals surface area contributed by atoms with Crippen molar-refractivity contribution in [2.24, 2.45) is 5.92 Å². The second-order valence-electron chi connectivity index (χ2n) is 5.56. The van der Waals surface area contributed by atoms with Gasteiger partial charge < -0.3 is 9.47 Å². The van der Waals surface area contributed by atoms with E-state index in [1.807, 2.05) is 49.2 Å². The predicted octanol–water partition coefficient (Wildman–Crippen LogP) is 2.65. The van der Waals surface area contributed by atoms with E-state index in [2.05, 4.69) is 0 Å². The first-order chi connectivity index (χ1) is 10.2. The molecule has 1 aliphatic rings. The van der Waals surface area contributed by atoms with Crippen LogP contribution >= 0.6 is 0 Å². The summed E-state index contributed by atoms with van der Waals surface area (Å²) in [5.41, 5.74) is 0.959. The van der Waals surface area contributed by atoms with Gasteiger partial charge in [0.05, 0.1) is 13.2 Å². The first kappa shape index (κ1) is 16.0. The van der Waals surface area contributed by atoms with Gasteiger partial charge in [-0.3, -0.25) is 4.90 Å². The SMILES string of the molecule is CCOC(=O)C(c1ccccc1)N(C)CCOCC1CC1. The van der Waals surface area contributed by atoms with Gasteiger partial charge >= 0.3 is 5.97 Å². The van der Waals surface area contributed by atoms with Crippen LogP contribution in [-0.2, 0) is 14.3 Å². The van der Waals surface area contributed by atoms with Crippen molar-refractivity contribution in [2.45, 2.75) is 25.8 Å². The van der Waals surface area contributed by atoms with E-state index in [0.29, 0.717) is 19.8 Å². The van der Waals surface area contributed by atoms with Crippen LogP contribution in [0.2, 0.25) is 0 Å². The number of hydrogen-bond acceptors (Lipinski definition) is 4. The standard InChI is InChI=1S/C17H25NO3/c1-3-21-17(19)16(15-7-5-4-6-8-15)18(2)11-12-20-13-14-9-10-14/h4-8,14,16H,3,9-13H2,1-2H3. The summed E-state index contributed by atoms with van der Waals surface area (Å²) in [7, 11) is 1.94. The van der Waals surface area contributed by atoms with E-state index in [1.165, 1.54) is 12.8 Å². The van der Waals surface area contributed by atoms with Crippen molar-refractivity contribution >= 4 is 5.97 Å². The molecule has 0 amide bonds. The van der Waals surface area contributed by atoms with E-state index in [-0.39, 0.29) is 12.0 Å². The van der Waals surface area contributed by atoms with Crippen molar-refractivity contribution in [1.29, 1.82) is 0 Å². The molecule has 0 bridgehead atoms. The fourth-order valence-corrected chi connectivity index (χ4v) is 2.30. The molecule has 0 aromatic heterocycles. The van der Waals surface area contributed by atoms with E-state index in [0.717, 1.165) is 18.1 Å². The summed E-state index contributed by atoms with van der Waals surface area (Å²) < 4.78 is 10.9. The summed E-state index contributed by atoms with van der Waals surface area (Å²) >= 11 is 0. The first-order valence-corrected chi connectivity index (χ1v) is 7.72. The van der Waals surface area contributed by atoms with Crippen LogP contribution < -0.4 is 0 Å². The van der Waals surface area contributed by atoms with Crippen LogP contribution in [0.15, 0.2) is 30.3 Å². The van der Waals surface area contributed by atoms with Crippen molar-refractivity contribution < 1.29 is 14.3 Å². The molecular formula is C17H25NO3. The first-order valence-electron chi connectivity index (χ1n) is 7.72. The molecule has 0 saturated heterocycles. The molecule has 1 aromatic rings. The number of benzene rings is 1. The minimum atomic E-state index is -0.365. The largest absolute Gasteiger partial charge is 0.465 e. The van der Waals surface area contributed by atoms with Gasteiger partial charge in [-0.1, -0.05) is 30.3 Å². The molecule has 116 valence electrons. The van der Waals surface area contributed by atoms with Gasteiger partial charge in [0, 0.05) is 13.2 Å². The second kappa shape index (κ2) is 8.15. The Balaban J connectivity index is 1.91. The molecule has 4 nitrogen and oxygen atoms in total. The lowest BCUT2D eigenvalue weighted by Gasteiger charge is -2.26. The predicted molar refractivity (Wildman–Crippen MR) is 82.0 cm³/mol. The van der Waals surface area contributed by atoms with Gasteiger partial charge in [0.2, 0.25) is 0 Å². The van der Waals surface area contributed by atoms with Crippen molar-refractivity contribution in [3.05, 3.63) is 35.9 Å². The Labute approximate surface area is 127 Å². The summed E-state index contributed by atoms with van der Waals surface area (Å²) in [6.07, 6.45) is 2.59. The molecule has 1 aliphatic carbocycles. The zero-order valence-corrected chi connectivity index (χ0v) is 13.0. The summed E-state index contributed by atoms with van der Waals surface area (Å²) in [5, 5.41) is 0. The lowest BCUT2D eigenvalue weighted by atomic mass is 10.1. The number of ether oxygens (including phenoxy) is 2. The molecule has 21 heavy (non-hydrogen) atoms. The van der Waals surface area contributed by atoms with Crippen LogP contribution in [0.3, 0.4) is 0 Å². The molecule has 0 aliphatic heterocycles. The number of rotatable bonds is 9. The minimum Gasteiger partial charge on any atom is -0.465 e. The summed E-state index contributed by atoms with van der Waals surface area (Å²) in [4.78, 5) is 14.2. The van der Waals surface area contributed by atoms with E-state index in [4.69, 9.17) is 9.47 Å². The molecule has 1 atom stereocenters. The molecule has 2 rings (SSSR count). The van der Waals surface area contributed by atoms with Crippen LogP contribution in [0.4, 0.5) is 0 Å². The summed E-state index contributed by atoms with van der Waals surface area (Å²) in [5.74, 6) is 0.568. The Kier molecular flexibility index (Phi) is 6.21. The highest BCUT2D eigenvalue weighted by Gasteiger charge is 2.26. The number of esters is 1.